The molecule has 1 N–H and O–H groups in total. The Morgan fingerprint density at radius 2 is 2.07 bits per heavy atom. The summed E-state index contributed by atoms with van der Waals surface area (Å²) in [5.41, 5.74) is 0.739. The first-order valence-corrected chi connectivity index (χ1v) is 6.02. The zero-order chi connectivity index (χ0) is 10.7. The number of hydrogen-bond donors (Lipinski definition) is 1. The standard InChI is InChI=1S/C12H20N2O/c1-11(2)5-9(11)10(15)14-7-12(8-14)3-4-13-6-12/h9,13H,3-8H2,1-2H3. The van der Waals surface area contributed by atoms with Crippen LogP contribution in [-0.2, 0) is 4.79 Å². The molecule has 0 aromatic heterocycles. The van der Waals surface area contributed by atoms with Crippen LogP contribution in [0.1, 0.15) is 26.7 Å². The molecule has 3 heteroatoms. The summed E-state index contributed by atoms with van der Waals surface area (Å²) in [6.07, 6.45) is 2.35. The molecule has 1 amide bonds. The zero-order valence-electron chi connectivity index (χ0n) is 9.68. The highest BCUT2D eigenvalue weighted by Crippen LogP contribution is 2.53. The van der Waals surface area contributed by atoms with Gasteiger partial charge in [0.25, 0.3) is 0 Å². The van der Waals surface area contributed by atoms with E-state index in [1.165, 1.54) is 6.42 Å². The van der Waals surface area contributed by atoms with Gasteiger partial charge in [-0.3, -0.25) is 4.79 Å². The molecule has 0 aromatic carbocycles. The van der Waals surface area contributed by atoms with E-state index in [0.717, 1.165) is 32.6 Å². The van der Waals surface area contributed by atoms with Crippen LogP contribution in [0.3, 0.4) is 0 Å². The topological polar surface area (TPSA) is 32.3 Å². The molecular weight excluding hydrogens is 188 g/mol. The lowest BCUT2D eigenvalue weighted by Crippen LogP contribution is -2.59. The minimum Gasteiger partial charge on any atom is -0.341 e. The van der Waals surface area contributed by atoms with Crippen molar-refractivity contribution in [3.8, 4) is 0 Å². The maximum absolute atomic E-state index is 12.0. The molecule has 3 fully saturated rings. The van der Waals surface area contributed by atoms with Gasteiger partial charge < -0.3 is 10.2 Å². The lowest BCUT2D eigenvalue weighted by atomic mass is 9.79. The Bertz CT molecular complexity index is 297. The fraction of sp³-hybridized carbons (Fsp3) is 0.917. The van der Waals surface area contributed by atoms with E-state index in [-0.39, 0.29) is 5.41 Å². The van der Waals surface area contributed by atoms with Gasteiger partial charge in [-0.15, -0.1) is 0 Å². The lowest BCUT2D eigenvalue weighted by Gasteiger charge is -2.48. The van der Waals surface area contributed by atoms with Crippen LogP contribution in [0.15, 0.2) is 0 Å². The van der Waals surface area contributed by atoms with E-state index in [2.05, 4.69) is 24.1 Å². The third kappa shape index (κ3) is 1.40. The van der Waals surface area contributed by atoms with Crippen LogP contribution in [-0.4, -0.2) is 37.0 Å². The Morgan fingerprint density at radius 1 is 1.40 bits per heavy atom. The van der Waals surface area contributed by atoms with Gasteiger partial charge in [-0.1, -0.05) is 13.8 Å². The summed E-state index contributed by atoms with van der Waals surface area (Å²) < 4.78 is 0. The summed E-state index contributed by atoms with van der Waals surface area (Å²) in [5, 5.41) is 3.40. The molecule has 1 atom stereocenters. The number of likely N-dealkylation sites (tertiary alicyclic amines) is 1. The van der Waals surface area contributed by atoms with Gasteiger partial charge >= 0.3 is 0 Å². The second kappa shape index (κ2) is 2.76. The van der Waals surface area contributed by atoms with Gasteiger partial charge in [0.2, 0.25) is 5.91 Å². The van der Waals surface area contributed by atoms with Gasteiger partial charge in [0.1, 0.15) is 0 Å². The highest BCUT2D eigenvalue weighted by Gasteiger charge is 2.56. The average molecular weight is 208 g/mol. The van der Waals surface area contributed by atoms with E-state index in [0.29, 0.717) is 17.2 Å². The maximum Gasteiger partial charge on any atom is 0.226 e. The van der Waals surface area contributed by atoms with Gasteiger partial charge in [0.15, 0.2) is 0 Å². The minimum atomic E-state index is 0.285. The van der Waals surface area contributed by atoms with Gasteiger partial charge in [0.05, 0.1) is 0 Å². The molecule has 84 valence electrons. The van der Waals surface area contributed by atoms with Crippen molar-refractivity contribution in [3.63, 3.8) is 0 Å². The van der Waals surface area contributed by atoms with Gasteiger partial charge in [-0.05, 0) is 24.8 Å². The van der Waals surface area contributed by atoms with E-state index in [9.17, 15) is 4.79 Å². The third-order valence-electron chi connectivity index (χ3n) is 4.51. The average Bonchev–Trinajstić information content (AvgIpc) is 2.63. The number of carbonyl (C=O) groups is 1. The number of amides is 1. The number of nitrogens with one attached hydrogen (secondary N) is 1. The van der Waals surface area contributed by atoms with E-state index in [1.54, 1.807) is 0 Å². The molecule has 1 saturated carbocycles. The fourth-order valence-corrected chi connectivity index (χ4v) is 3.09. The molecular formula is C12H20N2O. The summed E-state index contributed by atoms with van der Waals surface area (Å²) in [6.45, 7) is 8.66. The second-order valence-corrected chi connectivity index (χ2v) is 6.37. The van der Waals surface area contributed by atoms with Crippen molar-refractivity contribution in [2.45, 2.75) is 26.7 Å². The molecule has 0 aromatic rings. The molecule has 2 aliphatic heterocycles. The summed E-state index contributed by atoms with van der Waals surface area (Å²) in [7, 11) is 0. The first-order chi connectivity index (χ1) is 7.03. The van der Waals surface area contributed by atoms with Crippen LogP contribution in [0, 0.1) is 16.7 Å². The van der Waals surface area contributed by atoms with Crippen molar-refractivity contribution >= 4 is 5.91 Å². The van der Waals surface area contributed by atoms with Crippen molar-refractivity contribution in [1.29, 1.82) is 0 Å². The lowest BCUT2D eigenvalue weighted by molar-refractivity contribution is -0.144. The normalized spacial score (nSPS) is 35.3. The molecule has 1 unspecified atom stereocenters. The van der Waals surface area contributed by atoms with Crippen LogP contribution in [0.25, 0.3) is 0 Å². The molecule has 0 radical (unpaired) electrons. The molecule has 1 spiro atoms. The van der Waals surface area contributed by atoms with Crippen LogP contribution >= 0.6 is 0 Å². The number of rotatable bonds is 1. The summed E-state index contributed by atoms with van der Waals surface area (Å²) in [6, 6.07) is 0. The molecule has 1 aliphatic carbocycles. The minimum absolute atomic E-state index is 0.285. The number of hydrogen-bond acceptors (Lipinski definition) is 2. The van der Waals surface area contributed by atoms with Crippen LogP contribution in [0.4, 0.5) is 0 Å². The maximum atomic E-state index is 12.0. The van der Waals surface area contributed by atoms with Gasteiger partial charge in [0, 0.05) is 31.0 Å². The highest BCUT2D eigenvalue weighted by molar-refractivity contribution is 5.83. The van der Waals surface area contributed by atoms with Gasteiger partial charge in [-0.25, -0.2) is 0 Å². The van der Waals surface area contributed by atoms with Crippen molar-refractivity contribution in [2.75, 3.05) is 26.2 Å². The monoisotopic (exact) mass is 208 g/mol. The van der Waals surface area contributed by atoms with Gasteiger partial charge in [-0.2, -0.15) is 0 Å². The Hall–Kier alpha value is -0.570. The van der Waals surface area contributed by atoms with Crippen LogP contribution < -0.4 is 5.32 Å². The zero-order valence-corrected chi connectivity index (χ0v) is 9.68. The number of carbonyl (C=O) groups excluding carboxylic acids is 1. The summed E-state index contributed by atoms with van der Waals surface area (Å²) in [4.78, 5) is 14.1. The van der Waals surface area contributed by atoms with Crippen LogP contribution in [0.5, 0.6) is 0 Å². The van der Waals surface area contributed by atoms with Crippen LogP contribution in [0.2, 0.25) is 0 Å². The van der Waals surface area contributed by atoms with E-state index < -0.39 is 0 Å². The molecule has 2 heterocycles. The SMILES string of the molecule is CC1(C)CC1C(=O)N1CC2(CCNC2)C1. The Morgan fingerprint density at radius 3 is 2.53 bits per heavy atom. The largest absolute Gasteiger partial charge is 0.341 e. The highest BCUT2D eigenvalue weighted by atomic mass is 16.2. The Kier molecular flexibility index (Phi) is 1.77. The van der Waals surface area contributed by atoms with E-state index >= 15 is 0 Å². The van der Waals surface area contributed by atoms with E-state index in [1.807, 2.05) is 0 Å². The number of nitrogens with zero attached hydrogens (tertiary/aromatic N) is 1. The Labute approximate surface area is 91.2 Å². The molecule has 3 rings (SSSR count). The molecule has 0 bridgehead atoms. The van der Waals surface area contributed by atoms with Crippen molar-refractivity contribution < 1.29 is 4.79 Å². The van der Waals surface area contributed by atoms with E-state index in [4.69, 9.17) is 0 Å². The van der Waals surface area contributed by atoms with Crippen molar-refractivity contribution in [3.05, 3.63) is 0 Å². The molecule has 15 heavy (non-hydrogen) atoms. The quantitative estimate of drug-likeness (QED) is 0.693. The Balaban J connectivity index is 1.57. The molecule has 3 nitrogen and oxygen atoms in total. The first kappa shape index (κ1) is 9.64. The van der Waals surface area contributed by atoms with Crippen molar-refractivity contribution in [1.82, 2.24) is 10.2 Å². The summed E-state index contributed by atoms with van der Waals surface area (Å²) >= 11 is 0. The second-order valence-electron chi connectivity index (χ2n) is 6.37. The smallest absolute Gasteiger partial charge is 0.226 e. The fourth-order valence-electron chi connectivity index (χ4n) is 3.09. The third-order valence-corrected chi connectivity index (χ3v) is 4.51. The molecule has 3 aliphatic rings. The van der Waals surface area contributed by atoms with Crippen molar-refractivity contribution in [2.24, 2.45) is 16.7 Å². The molecule has 2 saturated heterocycles. The summed E-state index contributed by atoms with van der Waals surface area (Å²) in [5.74, 6) is 0.738. The predicted octanol–water partition coefficient (Wildman–Crippen LogP) is 0.854. The predicted molar refractivity (Wildman–Crippen MR) is 58.4 cm³/mol. The first-order valence-electron chi connectivity index (χ1n) is 6.02.